The van der Waals surface area contributed by atoms with Gasteiger partial charge in [-0.3, -0.25) is 0 Å². The van der Waals surface area contributed by atoms with Gasteiger partial charge in [-0.1, -0.05) is 18.2 Å². The summed E-state index contributed by atoms with van der Waals surface area (Å²) in [5.74, 6) is 0.845. The molecule has 1 saturated heterocycles. The van der Waals surface area contributed by atoms with Gasteiger partial charge in [-0.05, 0) is 19.1 Å². The highest BCUT2D eigenvalue weighted by molar-refractivity contribution is 5.81. The number of fused-ring (bicyclic) bond motifs is 1. The van der Waals surface area contributed by atoms with Crippen LogP contribution >= 0.6 is 0 Å². The molecule has 0 radical (unpaired) electrons. The number of aromatic nitrogens is 1. The van der Waals surface area contributed by atoms with Gasteiger partial charge in [-0.15, -0.1) is 0 Å². The molecule has 1 aromatic heterocycles. The van der Waals surface area contributed by atoms with E-state index >= 15 is 0 Å². The van der Waals surface area contributed by atoms with Crippen molar-refractivity contribution in [2.24, 2.45) is 0 Å². The third-order valence-electron chi connectivity index (χ3n) is 3.93. The molecule has 3 rings (SSSR count). The predicted octanol–water partition coefficient (Wildman–Crippen LogP) is 1.97. The molecule has 1 aliphatic heterocycles. The number of methoxy groups -OCH3 is 1. The highest BCUT2D eigenvalue weighted by Crippen LogP contribution is 2.26. The summed E-state index contributed by atoms with van der Waals surface area (Å²) in [6.45, 7) is 4.07. The Bertz CT molecular complexity index is 647. The van der Waals surface area contributed by atoms with Gasteiger partial charge in [-0.2, -0.15) is 0 Å². The van der Waals surface area contributed by atoms with E-state index in [2.05, 4.69) is 11.8 Å². The van der Waals surface area contributed by atoms with Crippen LogP contribution in [-0.2, 0) is 16.1 Å². The summed E-state index contributed by atoms with van der Waals surface area (Å²) >= 11 is 0. The lowest BCUT2D eigenvalue weighted by Gasteiger charge is -2.38. The highest BCUT2D eigenvalue weighted by Gasteiger charge is 2.27. The van der Waals surface area contributed by atoms with Crippen LogP contribution in [0.1, 0.15) is 12.5 Å². The van der Waals surface area contributed by atoms with Crippen molar-refractivity contribution in [2.45, 2.75) is 25.7 Å². The molecule has 2 atom stereocenters. The van der Waals surface area contributed by atoms with E-state index in [0.29, 0.717) is 6.61 Å². The number of hydrogen-bond donors (Lipinski definition) is 1. The second-order valence-electron chi connectivity index (χ2n) is 5.75. The molecule has 0 bridgehead atoms. The van der Waals surface area contributed by atoms with Gasteiger partial charge in [0.05, 0.1) is 30.9 Å². The smallest absolute Gasteiger partial charge is 0.135 e. The van der Waals surface area contributed by atoms with Gasteiger partial charge in [0.15, 0.2) is 0 Å². The van der Waals surface area contributed by atoms with E-state index in [4.69, 9.17) is 14.5 Å². The fourth-order valence-corrected chi connectivity index (χ4v) is 3.04. The maximum atomic E-state index is 9.72. The fourth-order valence-electron chi connectivity index (χ4n) is 3.04. The number of anilines is 1. The van der Waals surface area contributed by atoms with Gasteiger partial charge in [0.1, 0.15) is 5.82 Å². The number of aliphatic hydroxyl groups is 1. The summed E-state index contributed by atoms with van der Waals surface area (Å²) in [5, 5.41) is 10.8. The number of hydrogen-bond acceptors (Lipinski definition) is 5. The molecule has 0 aliphatic carbocycles. The van der Waals surface area contributed by atoms with Crippen molar-refractivity contribution in [3.63, 3.8) is 0 Å². The summed E-state index contributed by atoms with van der Waals surface area (Å²) in [4.78, 5) is 6.96. The standard InChI is InChI=1S/C17H22N2O3/c1-12-8-19(9-15(22-12)11-21-2)17-14(10-20)7-13-5-3-4-6-16(13)18-17/h3-7,12,15,20H,8-11H2,1-2H3. The van der Waals surface area contributed by atoms with Crippen LogP contribution in [0.25, 0.3) is 10.9 Å². The first-order valence-electron chi connectivity index (χ1n) is 7.60. The summed E-state index contributed by atoms with van der Waals surface area (Å²) in [6, 6.07) is 9.99. The second kappa shape index (κ2) is 6.60. The van der Waals surface area contributed by atoms with Crippen molar-refractivity contribution in [2.75, 3.05) is 31.7 Å². The lowest BCUT2D eigenvalue weighted by atomic mass is 10.1. The number of ether oxygens (including phenoxy) is 2. The Morgan fingerprint density at radius 3 is 2.95 bits per heavy atom. The Balaban J connectivity index is 1.96. The maximum Gasteiger partial charge on any atom is 0.135 e. The zero-order chi connectivity index (χ0) is 15.5. The predicted molar refractivity (Wildman–Crippen MR) is 86.1 cm³/mol. The number of para-hydroxylation sites is 1. The fraction of sp³-hybridized carbons (Fsp3) is 0.471. The molecular formula is C17H22N2O3. The minimum absolute atomic E-state index is 0.0200. The molecule has 1 aliphatic rings. The molecule has 2 heterocycles. The van der Waals surface area contributed by atoms with E-state index in [1.54, 1.807) is 7.11 Å². The molecule has 0 saturated carbocycles. The first kappa shape index (κ1) is 15.2. The zero-order valence-corrected chi connectivity index (χ0v) is 13.0. The minimum Gasteiger partial charge on any atom is -0.392 e. The normalized spacial score (nSPS) is 22.2. The van der Waals surface area contributed by atoms with Crippen LogP contribution in [0, 0.1) is 0 Å². The Morgan fingerprint density at radius 2 is 2.18 bits per heavy atom. The second-order valence-corrected chi connectivity index (χ2v) is 5.75. The molecular weight excluding hydrogens is 280 g/mol. The first-order valence-corrected chi connectivity index (χ1v) is 7.60. The average Bonchev–Trinajstić information content (AvgIpc) is 2.53. The monoisotopic (exact) mass is 302 g/mol. The molecule has 1 N–H and O–H groups in total. The number of pyridine rings is 1. The molecule has 0 amide bonds. The van der Waals surface area contributed by atoms with Crippen LogP contribution in [0.2, 0.25) is 0 Å². The van der Waals surface area contributed by atoms with E-state index in [1.165, 1.54) is 0 Å². The van der Waals surface area contributed by atoms with Crippen LogP contribution in [0.4, 0.5) is 5.82 Å². The van der Waals surface area contributed by atoms with Crippen LogP contribution in [0.15, 0.2) is 30.3 Å². The van der Waals surface area contributed by atoms with Crippen molar-refractivity contribution in [1.29, 1.82) is 0 Å². The highest BCUT2D eigenvalue weighted by atomic mass is 16.5. The SMILES string of the molecule is COCC1CN(c2nc3ccccc3cc2CO)CC(C)O1. The molecule has 5 nitrogen and oxygen atoms in total. The van der Waals surface area contributed by atoms with E-state index in [1.807, 2.05) is 30.3 Å². The first-order chi connectivity index (χ1) is 10.7. The van der Waals surface area contributed by atoms with Crippen LogP contribution in [0.5, 0.6) is 0 Å². The number of aliphatic hydroxyl groups excluding tert-OH is 1. The summed E-state index contributed by atoms with van der Waals surface area (Å²) < 4.78 is 11.1. The van der Waals surface area contributed by atoms with Crippen LogP contribution < -0.4 is 4.90 Å². The maximum absolute atomic E-state index is 9.72. The molecule has 1 fully saturated rings. The van der Waals surface area contributed by atoms with Crippen molar-refractivity contribution >= 4 is 16.7 Å². The Morgan fingerprint density at radius 1 is 1.36 bits per heavy atom. The molecule has 0 spiro atoms. The van der Waals surface area contributed by atoms with Gasteiger partial charge >= 0.3 is 0 Å². The van der Waals surface area contributed by atoms with E-state index in [0.717, 1.165) is 35.4 Å². The minimum atomic E-state index is -0.0200. The summed E-state index contributed by atoms with van der Waals surface area (Å²) in [6.07, 6.45) is 0.127. The Kier molecular flexibility index (Phi) is 4.57. The largest absolute Gasteiger partial charge is 0.392 e. The Hall–Kier alpha value is -1.69. The third-order valence-corrected chi connectivity index (χ3v) is 3.93. The van der Waals surface area contributed by atoms with Crippen molar-refractivity contribution in [1.82, 2.24) is 4.98 Å². The molecule has 2 unspecified atom stereocenters. The van der Waals surface area contributed by atoms with E-state index in [-0.39, 0.29) is 18.8 Å². The van der Waals surface area contributed by atoms with Crippen molar-refractivity contribution < 1.29 is 14.6 Å². The molecule has 2 aromatic rings. The average molecular weight is 302 g/mol. The van der Waals surface area contributed by atoms with E-state index in [9.17, 15) is 5.11 Å². The van der Waals surface area contributed by atoms with Crippen LogP contribution in [0.3, 0.4) is 0 Å². The van der Waals surface area contributed by atoms with Gasteiger partial charge in [0, 0.05) is 31.1 Å². The lowest BCUT2D eigenvalue weighted by Crippen LogP contribution is -2.49. The van der Waals surface area contributed by atoms with Crippen molar-refractivity contribution in [3.8, 4) is 0 Å². The summed E-state index contributed by atoms with van der Waals surface area (Å²) in [7, 11) is 1.68. The number of nitrogens with zero attached hydrogens (tertiary/aromatic N) is 2. The Labute approximate surface area is 130 Å². The number of morpholine rings is 1. The zero-order valence-electron chi connectivity index (χ0n) is 13.0. The topological polar surface area (TPSA) is 54.8 Å². The van der Waals surface area contributed by atoms with Gasteiger partial charge < -0.3 is 19.5 Å². The third kappa shape index (κ3) is 3.06. The van der Waals surface area contributed by atoms with Gasteiger partial charge in [-0.25, -0.2) is 4.98 Å². The van der Waals surface area contributed by atoms with Gasteiger partial charge in [0.25, 0.3) is 0 Å². The van der Waals surface area contributed by atoms with Gasteiger partial charge in [0.2, 0.25) is 0 Å². The number of rotatable bonds is 4. The van der Waals surface area contributed by atoms with Crippen LogP contribution in [-0.4, -0.2) is 49.1 Å². The van der Waals surface area contributed by atoms with Crippen molar-refractivity contribution in [3.05, 3.63) is 35.9 Å². The summed E-state index contributed by atoms with van der Waals surface area (Å²) in [5.41, 5.74) is 1.79. The van der Waals surface area contributed by atoms with E-state index < -0.39 is 0 Å². The molecule has 22 heavy (non-hydrogen) atoms. The molecule has 1 aromatic carbocycles. The number of benzene rings is 1. The lowest BCUT2D eigenvalue weighted by molar-refractivity contribution is -0.0513. The molecule has 118 valence electrons. The quantitative estimate of drug-likeness (QED) is 0.936. The molecule has 5 heteroatoms.